The Morgan fingerprint density at radius 1 is 1.11 bits per heavy atom. The number of carbonyl (C=O) groups excluding carboxylic acids is 2. The second kappa shape index (κ2) is 7.77. The average Bonchev–Trinajstić information content (AvgIpc) is 3.10. The monoisotopic (exact) mass is 371 g/mol. The zero-order valence-electron chi connectivity index (χ0n) is 14.3. The van der Waals surface area contributed by atoms with Crippen molar-refractivity contribution in [1.82, 2.24) is 9.78 Å². The first-order valence-corrected chi connectivity index (χ1v) is 7.96. The predicted molar refractivity (Wildman–Crippen MR) is 93.6 cm³/mol. The summed E-state index contributed by atoms with van der Waals surface area (Å²) in [6, 6.07) is 10.9. The van der Waals surface area contributed by atoms with Crippen molar-refractivity contribution in [1.29, 1.82) is 0 Å². The lowest BCUT2D eigenvalue weighted by atomic mass is 10.1. The molecule has 0 bridgehead atoms. The minimum atomic E-state index is -0.825. The van der Waals surface area contributed by atoms with Crippen molar-refractivity contribution in [3.05, 3.63) is 77.6 Å². The fourth-order valence-corrected chi connectivity index (χ4v) is 2.27. The first kappa shape index (κ1) is 18.2. The van der Waals surface area contributed by atoms with Gasteiger partial charge in [0.15, 0.2) is 29.8 Å². The quantitative estimate of drug-likeness (QED) is 0.671. The third-order valence-electron chi connectivity index (χ3n) is 3.67. The zero-order chi connectivity index (χ0) is 19.4. The minimum absolute atomic E-state index is 0.0655. The third-order valence-corrected chi connectivity index (χ3v) is 3.67. The normalized spacial score (nSPS) is 10.5. The van der Waals surface area contributed by atoms with Gasteiger partial charge in [-0.1, -0.05) is 0 Å². The van der Waals surface area contributed by atoms with Crippen molar-refractivity contribution in [2.45, 2.75) is 13.7 Å². The molecule has 6 nitrogen and oxygen atoms in total. The van der Waals surface area contributed by atoms with E-state index in [1.165, 1.54) is 29.9 Å². The number of halogens is 2. The van der Waals surface area contributed by atoms with E-state index in [4.69, 9.17) is 4.74 Å². The maximum absolute atomic E-state index is 13.5. The summed E-state index contributed by atoms with van der Waals surface area (Å²) in [6.07, 6.45) is 1.50. The second-order valence-corrected chi connectivity index (χ2v) is 5.68. The summed E-state index contributed by atoms with van der Waals surface area (Å²) in [7, 11) is 0. The van der Waals surface area contributed by atoms with Crippen LogP contribution in [0.5, 0.6) is 5.75 Å². The van der Waals surface area contributed by atoms with Crippen LogP contribution in [0.25, 0.3) is 0 Å². The van der Waals surface area contributed by atoms with Crippen molar-refractivity contribution in [2.24, 2.45) is 0 Å². The van der Waals surface area contributed by atoms with Gasteiger partial charge in [0.1, 0.15) is 5.82 Å². The standard InChI is InChI=1S/C19H15F2N3O3/c1-12(25)13-2-5-15(6-3-13)22-19(26)17-8-9-24(23-17)11-27-18-7-4-14(20)10-16(18)21/h2-10H,11H2,1H3,(H,22,26). The molecule has 0 aliphatic carbocycles. The van der Waals surface area contributed by atoms with Gasteiger partial charge in [0.05, 0.1) is 0 Å². The van der Waals surface area contributed by atoms with Crippen LogP contribution in [0, 0.1) is 11.6 Å². The van der Waals surface area contributed by atoms with Gasteiger partial charge in [-0.3, -0.25) is 9.59 Å². The molecule has 27 heavy (non-hydrogen) atoms. The number of anilines is 1. The number of benzene rings is 2. The molecule has 0 radical (unpaired) electrons. The van der Waals surface area contributed by atoms with E-state index in [1.54, 1.807) is 24.3 Å². The Morgan fingerprint density at radius 2 is 1.85 bits per heavy atom. The van der Waals surface area contributed by atoms with E-state index in [2.05, 4.69) is 10.4 Å². The van der Waals surface area contributed by atoms with Gasteiger partial charge < -0.3 is 10.1 Å². The summed E-state index contributed by atoms with van der Waals surface area (Å²) in [5.74, 6) is -2.16. The van der Waals surface area contributed by atoms with Crippen LogP contribution in [-0.4, -0.2) is 21.5 Å². The van der Waals surface area contributed by atoms with Crippen molar-refractivity contribution in [3.8, 4) is 5.75 Å². The molecule has 0 unspecified atom stereocenters. The molecule has 0 aliphatic rings. The number of hydrogen-bond donors (Lipinski definition) is 1. The number of carbonyl (C=O) groups is 2. The fourth-order valence-electron chi connectivity index (χ4n) is 2.27. The largest absolute Gasteiger partial charge is 0.468 e. The Labute approximate surface area is 153 Å². The number of nitrogens with zero attached hydrogens (tertiary/aromatic N) is 2. The van der Waals surface area contributed by atoms with Gasteiger partial charge in [-0.05, 0) is 49.4 Å². The van der Waals surface area contributed by atoms with E-state index in [9.17, 15) is 18.4 Å². The molecular formula is C19H15F2N3O3. The number of nitrogens with one attached hydrogen (secondary N) is 1. The summed E-state index contributed by atoms with van der Waals surface area (Å²) in [4.78, 5) is 23.5. The molecule has 3 rings (SSSR count). The summed E-state index contributed by atoms with van der Waals surface area (Å²) in [6.45, 7) is 1.31. The van der Waals surface area contributed by atoms with Crippen LogP contribution in [0.15, 0.2) is 54.7 Å². The number of aromatic nitrogens is 2. The highest BCUT2D eigenvalue weighted by Gasteiger charge is 2.11. The summed E-state index contributed by atoms with van der Waals surface area (Å²) < 4.78 is 32.9. The van der Waals surface area contributed by atoms with E-state index in [1.807, 2.05) is 0 Å². The van der Waals surface area contributed by atoms with Gasteiger partial charge in [-0.25, -0.2) is 13.5 Å². The van der Waals surface area contributed by atoms with Crippen molar-refractivity contribution in [3.63, 3.8) is 0 Å². The lowest BCUT2D eigenvalue weighted by Crippen LogP contribution is -2.14. The van der Waals surface area contributed by atoms with Crippen LogP contribution in [0.3, 0.4) is 0 Å². The summed E-state index contributed by atoms with van der Waals surface area (Å²) in [5.41, 5.74) is 1.19. The van der Waals surface area contributed by atoms with E-state index >= 15 is 0 Å². The Bertz CT molecular complexity index is 984. The first-order chi connectivity index (χ1) is 12.9. The molecule has 1 aromatic heterocycles. The number of amides is 1. The first-order valence-electron chi connectivity index (χ1n) is 7.96. The predicted octanol–water partition coefficient (Wildman–Crippen LogP) is 3.65. The molecule has 2 aromatic carbocycles. The lowest BCUT2D eigenvalue weighted by Gasteiger charge is -2.07. The average molecular weight is 371 g/mol. The SMILES string of the molecule is CC(=O)c1ccc(NC(=O)c2ccn(COc3ccc(F)cc3F)n2)cc1. The van der Waals surface area contributed by atoms with Crippen molar-refractivity contribution >= 4 is 17.4 Å². The van der Waals surface area contributed by atoms with Crippen LogP contribution in [-0.2, 0) is 6.73 Å². The van der Waals surface area contributed by atoms with Crippen LogP contribution in [0.4, 0.5) is 14.5 Å². The third kappa shape index (κ3) is 4.55. The van der Waals surface area contributed by atoms with Gasteiger partial charge in [0.2, 0.25) is 0 Å². The molecule has 8 heteroatoms. The van der Waals surface area contributed by atoms with Gasteiger partial charge in [-0.15, -0.1) is 0 Å². The molecule has 1 amide bonds. The molecule has 3 aromatic rings. The molecular weight excluding hydrogens is 356 g/mol. The van der Waals surface area contributed by atoms with Crippen LogP contribution in [0.1, 0.15) is 27.8 Å². The molecule has 0 aliphatic heterocycles. The molecule has 0 spiro atoms. The van der Waals surface area contributed by atoms with Gasteiger partial charge in [0, 0.05) is 23.5 Å². The minimum Gasteiger partial charge on any atom is -0.468 e. The van der Waals surface area contributed by atoms with E-state index in [0.717, 1.165) is 6.07 Å². The van der Waals surface area contributed by atoms with Crippen molar-refractivity contribution < 1.29 is 23.1 Å². The fraction of sp³-hybridized carbons (Fsp3) is 0.105. The zero-order valence-corrected chi connectivity index (χ0v) is 14.3. The number of Topliss-reactive ketones (excluding diaryl/α,β-unsaturated/α-hetero) is 1. The maximum atomic E-state index is 13.5. The molecule has 0 atom stereocenters. The van der Waals surface area contributed by atoms with Gasteiger partial charge in [0.25, 0.3) is 5.91 Å². The highest BCUT2D eigenvalue weighted by molar-refractivity contribution is 6.03. The topological polar surface area (TPSA) is 73.2 Å². The number of hydrogen-bond acceptors (Lipinski definition) is 4. The lowest BCUT2D eigenvalue weighted by molar-refractivity contribution is 0.101. The van der Waals surface area contributed by atoms with Crippen LogP contribution in [0.2, 0.25) is 0 Å². The Hall–Kier alpha value is -3.55. The number of ether oxygens (including phenoxy) is 1. The molecule has 0 fully saturated rings. The Kier molecular flexibility index (Phi) is 5.25. The summed E-state index contributed by atoms with van der Waals surface area (Å²) >= 11 is 0. The smallest absolute Gasteiger partial charge is 0.276 e. The van der Waals surface area contributed by atoms with Crippen LogP contribution < -0.4 is 10.1 Å². The Morgan fingerprint density at radius 3 is 2.52 bits per heavy atom. The molecule has 138 valence electrons. The van der Waals surface area contributed by atoms with Crippen molar-refractivity contribution in [2.75, 3.05) is 5.32 Å². The van der Waals surface area contributed by atoms with E-state index in [-0.39, 0.29) is 24.0 Å². The molecule has 1 heterocycles. The highest BCUT2D eigenvalue weighted by Crippen LogP contribution is 2.18. The second-order valence-electron chi connectivity index (χ2n) is 5.68. The Balaban J connectivity index is 1.61. The van der Waals surface area contributed by atoms with Gasteiger partial charge >= 0.3 is 0 Å². The number of rotatable bonds is 6. The van der Waals surface area contributed by atoms with E-state index < -0.39 is 17.5 Å². The maximum Gasteiger partial charge on any atom is 0.276 e. The molecule has 0 saturated carbocycles. The van der Waals surface area contributed by atoms with Gasteiger partial charge in [-0.2, -0.15) is 5.10 Å². The van der Waals surface area contributed by atoms with E-state index in [0.29, 0.717) is 17.3 Å². The molecule has 1 N–H and O–H groups in total. The van der Waals surface area contributed by atoms with Crippen LogP contribution >= 0.6 is 0 Å². The number of ketones is 1. The summed E-state index contributed by atoms with van der Waals surface area (Å²) in [5, 5.41) is 6.70. The molecule has 0 saturated heterocycles. The highest BCUT2D eigenvalue weighted by atomic mass is 19.1.